The van der Waals surface area contributed by atoms with Gasteiger partial charge in [0.25, 0.3) is 0 Å². The van der Waals surface area contributed by atoms with E-state index in [1.165, 1.54) is 18.2 Å². The van der Waals surface area contributed by atoms with Crippen molar-refractivity contribution in [3.8, 4) is 0 Å². The normalized spacial score (nSPS) is 13.5. The second kappa shape index (κ2) is 4.74. The van der Waals surface area contributed by atoms with Gasteiger partial charge in [0.05, 0.1) is 4.47 Å². The van der Waals surface area contributed by atoms with Crippen LogP contribution in [0, 0.1) is 11.6 Å². The zero-order valence-electron chi connectivity index (χ0n) is 9.66. The Labute approximate surface area is 116 Å². The summed E-state index contributed by atoms with van der Waals surface area (Å²) < 4.78 is 26.8. The zero-order valence-corrected chi connectivity index (χ0v) is 11.2. The molecule has 0 N–H and O–H groups in total. The monoisotopic (exact) mass is 323 g/mol. The molecule has 3 rings (SSSR count). The molecule has 2 aromatic carbocycles. The number of fused-ring (bicyclic) bond motifs is 1. The summed E-state index contributed by atoms with van der Waals surface area (Å²) in [5, 5.41) is 3.99. The van der Waals surface area contributed by atoms with Gasteiger partial charge < -0.3 is 4.84 Å². The highest BCUT2D eigenvalue weighted by Crippen LogP contribution is 2.24. The molecule has 0 radical (unpaired) electrons. The molecule has 2 nitrogen and oxygen atoms in total. The third-order valence-corrected chi connectivity index (χ3v) is 3.50. The van der Waals surface area contributed by atoms with Crippen LogP contribution in [0.15, 0.2) is 46.0 Å². The minimum absolute atomic E-state index is 0.235. The van der Waals surface area contributed by atoms with Gasteiger partial charge in [-0.25, -0.2) is 8.78 Å². The van der Waals surface area contributed by atoms with Gasteiger partial charge in [-0.1, -0.05) is 5.16 Å². The molecule has 0 amide bonds. The molecule has 1 aliphatic heterocycles. The Morgan fingerprint density at radius 1 is 1.11 bits per heavy atom. The first-order chi connectivity index (χ1) is 9.15. The van der Waals surface area contributed by atoms with Crippen LogP contribution in [0.2, 0.25) is 0 Å². The zero-order chi connectivity index (χ0) is 13.4. The quantitative estimate of drug-likeness (QED) is 0.777. The molecule has 0 bridgehead atoms. The molecule has 0 aromatic heterocycles. The SMILES string of the molecule is Fc1ccc2c(c1)CON=C2c1ccc(F)c(Br)c1. The Balaban J connectivity index is 2.11. The third kappa shape index (κ3) is 2.26. The summed E-state index contributed by atoms with van der Waals surface area (Å²) in [6.45, 7) is 0.235. The lowest BCUT2D eigenvalue weighted by Crippen LogP contribution is -2.13. The topological polar surface area (TPSA) is 21.6 Å². The highest BCUT2D eigenvalue weighted by Gasteiger charge is 2.18. The van der Waals surface area contributed by atoms with E-state index in [-0.39, 0.29) is 18.2 Å². The van der Waals surface area contributed by atoms with Gasteiger partial charge in [-0.2, -0.15) is 0 Å². The third-order valence-electron chi connectivity index (χ3n) is 2.89. The molecule has 0 aliphatic carbocycles. The molecule has 0 unspecified atom stereocenters. The second-order valence-electron chi connectivity index (χ2n) is 4.14. The van der Waals surface area contributed by atoms with Gasteiger partial charge in [0.1, 0.15) is 24.0 Å². The van der Waals surface area contributed by atoms with Crippen molar-refractivity contribution in [3.63, 3.8) is 0 Å². The fourth-order valence-electron chi connectivity index (χ4n) is 1.98. The standard InChI is InChI=1S/C14H8BrF2NO/c15-12-6-8(1-4-13(12)17)14-11-3-2-10(16)5-9(11)7-19-18-14/h1-6H,7H2. The Kier molecular flexibility index (Phi) is 3.06. The van der Waals surface area contributed by atoms with Crippen molar-refractivity contribution in [1.82, 2.24) is 0 Å². The lowest BCUT2D eigenvalue weighted by atomic mass is 9.97. The smallest absolute Gasteiger partial charge is 0.143 e. The number of halogens is 3. The van der Waals surface area contributed by atoms with E-state index in [1.807, 2.05) is 0 Å². The number of hydrogen-bond donors (Lipinski definition) is 0. The fourth-order valence-corrected chi connectivity index (χ4v) is 2.36. The van der Waals surface area contributed by atoms with Crippen molar-refractivity contribution in [2.24, 2.45) is 5.16 Å². The van der Waals surface area contributed by atoms with Crippen LogP contribution in [0.5, 0.6) is 0 Å². The van der Waals surface area contributed by atoms with Crippen LogP contribution in [0.25, 0.3) is 0 Å². The van der Waals surface area contributed by atoms with E-state index in [9.17, 15) is 8.78 Å². The van der Waals surface area contributed by atoms with Crippen LogP contribution in [0.3, 0.4) is 0 Å². The maximum absolute atomic E-state index is 13.2. The number of oxime groups is 1. The van der Waals surface area contributed by atoms with E-state index in [4.69, 9.17) is 4.84 Å². The van der Waals surface area contributed by atoms with Gasteiger partial charge in [-0.15, -0.1) is 0 Å². The van der Waals surface area contributed by atoms with E-state index >= 15 is 0 Å². The van der Waals surface area contributed by atoms with Crippen LogP contribution >= 0.6 is 15.9 Å². The molecule has 0 saturated heterocycles. The number of hydrogen-bond acceptors (Lipinski definition) is 2. The van der Waals surface area contributed by atoms with E-state index in [1.54, 1.807) is 18.2 Å². The lowest BCUT2D eigenvalue weighted by Gasteiger charge is -2.16. The Hall–Kier alpha value is -1.75. The molecule has 19 heavy (non-hydrogen) atoms. The molecule has 0 atom stereocenters. The van der Waals surface area contributed by atoms with Crippen LogP contribution in [0.1, 0.15) is 16.7 Å². The Bertz CT molecular complexity index is 685. The molecule has 96 valence electrons. The molecule has 1 aliphatic rings. The van der Waals surface area contributed by atoms with Crippen molar-refractivity contribution in [1.29, 1.82) is 0 Å². The second-order valence-corrected chi connectivity index (χ2v) is 5.00. The predicted molar refractivity (Wildman–Crippen MR) is 70.9 cm³/mol. The maximum Gasteiger partial charge on any atom is 0.143 e. The van der Waals surface area contributed by atoms with Crippen LogP contribution in [-0.4, -0.2) is 5.71 Å². The minimum atomic E-state index is -0.347. The highest BCUT2D eigenvalue weighted by atomic mass is 79.9. The largest absolute Gasteiger partial charge is 0.390 e. The van der Waals surface area contributed by atoms with Gasteiger partial charge in [0.2, 0.25) is 0 Å². The molecule has 0 fully saturated rings. The summed E-state index contributed by atoms with van der Waals surface area (Å²) in [7, 11) is 0. The summed E-state index contributed by atoms with van der Waals surface area (Å²) in [5.41, 5.74) is 2.80. The van der Waals surface area contributed by atoms with E-state index in [0.717, 1.165) is 11.1 Å². The summed E-state index contributed by atoms with van der Waals surface area (Å²) >= 11 is 3.13. The van der Waals surface area contributed by atoms with Crippen molar-refractivity contribution < 1.29 is 13.6 Å². The Morgan fingerprint density at radius 2 is 1.95 bits per heavy atom. The van der Waals surface area contributed by atoms with Crippen LogP contribution in [-0.2, 0) is 11.4 Å². The maximum atomic E-state index is 13.2. The molecule has 2 aromatic rings. The first kappa shape index (κ1) is 12.3. The van der Waals surface area contributed by atoms with E-state index in [2.05, 4.69) is 21.1 Å². The van der Waals surface area contributed by atoms with Gasteiger partial charge in [-0.3, -0.25) is 0 Å². The van der Waals surface area contributed by atoms with Crippen LogP contribution < -0.4 is 0 Å². The first-order valence-electron chi connectivity index (χ1n) is 5.59. The van der Waals surface area contributed by atoms with E-state index < -0.39 is 0 Å². The number of rotatable bonds is 1. The lowest BCUT2D eigenvalue weighted by molar-refractivity contribution is 0.126. The van der Waals surface area contributed by atoms with Gasteiger partial charge in [0, 0.05) is 16.7 Å². The summed E-state index contributed by atoms with van der Waals surface area (Å²) in [6, 6.07) is 9.03. The minimum Gasteiger partial charge on any atom is -0.390 e. The van der Waals surface area contributed by atoms with Gasteiger partial charge >= 0.3 is 0 Å². The number of benzene rings is 2. The van der Waals surface area contributed by atoms with Crippen molar-refractivity contribution in [3.05, 3.63) is 69.2 Å². The first-order valence-corrected chi connectivity index (χ1v) is 6.38. The molecule has 1 heterocycles. The summed E-state index contributed by atoms with van der Waals surface area (Å²) in [4.78, 5) is 5.10. The van der Waals surface area contributed by atoms with Crippen molar-refractivity contribution in [2.75, 3.05) is 0 Å². The molecule has 0 saturated carbocycles. The molecule has 5 heteroatoms. The highest BCUT2D eigenvalue weighted by molar-refractivity contribution is 9.10. The molecular weight excluding hydrogens is 316 g/mol. The van der Waals surface area contributed by atoms with Gasteiger partial charge in [-0.05, 0) is 52.3 Å². The Morgan fingerprint density at radius 3 is 2.74 bits per heavy atom. The molecular formula is C14H8BrF2NO. The molecule has 0 spiro atoms. The average Bonchev–Trinajstić information content (AvgIpc) is 2.41. The summed E-state index contributed by atoms with van der Waals surface area (Å²) in [6.07, 6.45) is 0. The fraction of sp³-hybridized carbons (Fsp3) is 0.0714. The van der Waals surface area contributed by atoms with E-state index in [0.29, 0.717) is 15.7 Å². The van der Waals surface area contributed by atoms with Gasteiger partial charge in [0.15, 0.2) is 0 Å². The van der Waals surface area contributed by atoms with Crippen molar-refractivity contribution in [2.45, 2.75) is 6.61 Å². The average molecular weight is 324 g/mol. The summed E-state index contributed by atoms with van der Waals surface area (Å²) in [5.74, 6) is -0.663. The van der Waals surface area contributed by atoms with Crippen LogP contribution in [0.4, 0.5) is 8.78 Å². The predicted octanol–water partition coefficient (Wildman–Crippen LogP) is 4.01. The van der Waals surface area contributed by atoms with Crippen molar-refractivity contribution >= 4 is 21.6 Å². The number of nitrogens with zero attached hydrogens (tertiary/aromatic N) is 1.